The van der Waals surface area contributed by atoms with Crippen molar-refractivity contribution in [3.05, 3.63) is 12.0 Å². The maximum Gasteiger partial charge on any atom is 0.302 e. The standard InChI is InChI=1S/C10H17NO5S/c1-3-17(13,14)11-9-4-5-10(16-6-9)7-15-8(2)12/h3,9-11H,1,4-7H2,2H3/t9-,10-/m1/s1. The van der Waals surface area contributed by atoms with Crippen LogP contribution >= 0.6 is 0 Å². The van der Waals surface area contributed by atoms with Crippen LogP contribution in [0.5, 0.6) is 0 Å². The second-order valence-corrected chi connectivity index (χ2v) is 5.52. The highest BCUT2D eigenvalue weighted by Crippen LogP contribution is 2.14. The van der Waals surface area contributed by atoms with Crippen molar-refractivity contribution in [2.75, 3.05) is 13.2 Å². The van der Waals surface area contributed by atoms with Gasteiger partial charge < -0.3 is 9.47 Å². The summed E-state index contributed by atoms with van der Waals surface area (Å²) in [7, 11) is -3.41. The van der Waals surface area contributed by atoms with Crippen molar-refractivity contribution in [1.82, 2.24) is 4.72 Å². The van der Waals surface area contributed by atoms with Crippen LogP contribution in [0.25, 0.3) is 0 Å². The summed E-state index contributed by atoms with van der Waals surface area (Å²) in [6.45, 7) is 5.05. The molecule has 1 aliphatic rings. The molecule has 1 rings (SSSR count). The van der Waals surface area contributed by atoms with Crippen molar-refractivity contribution in [3.63, 3.8) is 0 Å². The van der Waals surface area contributed by atoms with E-state index < -0.39 is 10.0 Å². The van der Waals surface area contributed by atoms with Gasteiger partial charge >= 0.3 is 5.97 Å². The van der Waals surface area contributed by atoms with Gasteiger partial charge in [-0.15, -0.1) is 0 Å². The van der Waals surface area contributed by atoms with E-state index in [0.29, 0.717) is 12.8 Å². The molecule has 1 heterocycles. The topological polar surface area (TPSA) is 81.7 Å². The monoisotopic (exact) mass is 263 g/mol. The molecule has 0 amide bonds. The fraction of sp³-hybridized carbons (Fsp3) is 0.700. The van der Waals surface area contributed by atoms with Gasteiger partial charge in [0.1, 0.15) is 6.61 Å². The molecule has 6 nitrogen and oxygen atoms in total. The molecule has 0 radical (unpaired) electrons. The summed E-state index contributed by atoms with van der Waals surface area (Å²) in [6.07, 6.45) is 1.15. The van der Waals surface area contributed by atoms with Gasteiger partial charge in [-0.2, -0.15) is 0 Å². The van der Waals surface area contributed by atoms with Crippen LogP contribution in [0, 0.1) is 0 Å². The summed E-state index contributed by atoms with van der Waals surface area (Å²) in [5.41, 5.74) is 0. The van der Waals surface area contributed by atoms with E-state index in [1.807, 2.05) is 0 Å². The first-order valence-electron chi connectivity index (χ1n) is 5.32. The molecule has 0 spiro atoms. The maximum absolute atomic E-state index is 11.2. The average Bonchev–Trinajstić information content (AvgIpc) is 2.28. The third-order valence-corrected chi connectivity index (χ3v) is 3.49. The molecule has 17 heavy (non-hydrogen) atoms. The lowest BCUT2D eigenvalue weighted by atomic mass is 10.1. The van der Waals surface area contributed by atoms with E-state index in [0.717, 1.165) is 5.41 Å². The van der Waals surface area contributed by atoms with Crippen LogP contribution in [0.15, 0.2) is 12.0 Å². The molecular weight excluding hydrogens is 246 g/mol. The van der Waals surface area contributed by atoms with Crippen LogP contribution in [0.1, 0.15) is 19.8 Å². The Morgan fingerprint density at radius 1 is 1.59 bits per heavy atom. The summed E-state index contributed by atoms with van der Waals surface area (Å²) >= 11 is 0. The van der Waals surface area contributed by atoms with E-state index >= 15 is 0 Å². The van der Waals surface area contributed by atoms with Crippen LogP contribution in [0.3, 0.4) is 0 Å². The first-order chi connectivity index (χ1) is 7.93. The van der Waals surface area contributed by atoms with E-state index in [1.54, 1.807) is 0 Å². The van der Waals surface area contributed by atoms with Crippen LogP contribution < -0.4 is 4.72 Å². The second-order valence-electron chi connectivity index (χ2n) is 3.86. The number of nitrogens with one attached hydrogen (secondary N) is 1. The summed E-state index contributed by atoms with van der Waals surface area (Å²) in [5, 5.41) is 0.873. The molecule has 0 unspecified atom stereocenters. The predicted molar refractivity (Wildman–Crippen MR) is 61.6 cm³/mol. The lowest BCUT2D eigenvalue weighted by Crippen LogP contribution is -2.43. The zero-order valence-corrected chi connectivity index (χ0v) is 10.5. The van der Waals surface area contributed by atoms with Crippen molar-refractivity contribution in [2.24, 2.45) is 0 Å². The van der Waals surface area contributed by atoms with E-state index in [4.69, 9.17) is 9.47 Å². The molecule has 2 atom stereocenters. The molecule has 7 heteroatoms. The van der Waals surface area contributed by atoms with E-state index in [2.05, 4.69) is 11.3 Å². The lowest BCUT2D eigenvalue weighted by Gasteiger charge is -2.28. The summed E-state index contributed by atoms with van der Waals surface area (Å²) in [5.74, 6) is -0.344. The minimum Gasteiger partial charge on any atom is -0.463 e. The molecule has 0 aromatic rings. The molecule has 0 aliphatic carbocycles. The van der Waals surface area contributed by atoms with Gasteiger partial charge in [0.15, 0.2) is 0 Å². The molecule has 1 saturated heterocycles. The Labute approximate surface area is 101 Å². The zero-order chi connectivity index (χ0) is 12.9. The number of esters is 1. The third kappa shape index (κ3) is 5.29. The van der Waals surface area contributed by atoms with Crippen LogP contribution in [-0.4, -0.2) is 39.7 Å². The number of rotatable bonds is 5. The molecule has 1 N–H and O–H groups in total. The van der Waals surface area contributed by atoms with Crippen molar-refractivity contribution >= 4 is 16.0 Å². The highest BCUT2D eigenvalue weighted by molar-refractivity contribution is 7.92. The minimum atomic E-state index is -3.41. The van der Waals surface area contributed by atoms with E-state index in [-0.39, 0.29) is 31.3 Å². The van der Waals surface area contributed by atoms with E-state index in [9.17, 15) is 13.2 Å². The largest absolute Gasteiger partial charge is 0.463 e. The normalized spacial score (nSPS) is 25.2. The Bertz CT molecular complexity index is 370. The second kappa shape index (κ2) is 6.13. The first-order valence-corrected chi connectivity index (χ1v) is 6.87. The van der Waals surface area contributed by atoms with Gasteiger partial charge in [0.25, 0.3) is 0 Å². The number of carbonyl (C=O) groups excluding carboxylic acids is 1. The van der Waals surface area contributed by atoms with Gasteiger partial charge in [-0.25, -0.2) is 13.1 Å². The van der Waals surface area contributed by atoms with Crippen molar-refractivity contribution in [2.45, 2.75) is 31.9 Å². The van der Waals surface area contributed by atoms with Crippen LogP contribution in [0.4, 0.5) is 0 Å². The van der Waals surface area contributed by atoms with Gasteiger partial charge in [-0.05, 0) is 12.8 Å². The summed E-state index contributed by atoms with van der Waals surface area (Å²) in [4.78, 5) is 10.6. The Morgan fingerprint density at radius 2 is 2.29 bits per heavy atom. The van der Waals surface area contributed by atoms with E-state index in [1.165, 1.54) is 6.92 Å². The summed E-state index contributed by atoms with van der Waals surface area (Å²) < 4.78 is 35.1. The fourth-order valence-corrected chi connectivity index (χ4v) is 2.27. The number of ether oxygens (including phenoxy) is 2. The highest BCUT2D eigenvalue weighted by Gasteiger charge is 2.24. The maximum atomic E-state index is 11.2. The van der Waals surface area contributed by atoms with Crippen molar-refractivity contribution in [1.29, 1.82) is 0 Å². The minimum absolute atomic E-state index is 0.150. The number of carbonyl (C=O) groups is 1. The van der Waals surface area contributed by atoms with Gasteiger partial charge in [0.05, 0.1) is 12.7 Å². The summed E-state index contributed by atoms with van der Waals surface area (Å²) in [6, 6.07) is -0.244. The van der Waals surface area contributed by atoms with Gasteiger partial charge in [-0.1, -0.05) is 6.58 Å². The highest BCUT2D eigenvalue weighted by atomic mass is 32.2. The number of hydrogen-bond acceptors (Lipinski definition) is 5. The van der Waals surface area contributed by atoms with Gasteiger partial charge in [0.2, 0.25) is 10.0 Å². The smallest absolute Gasteiger partial charge is 0.302 e. The molecule has 0 aromatic heterocycles. The fourth-order valence-electron chi connectivity index (χ4n) is 1.52. The Morgan fingerprint density at radius 3 is 2.76 bits per heavy atom. The average molecular weight is 263 g/mol. The Hall–Kier alpha value is -0.920. The molecular formula is C10H17NO5S. The number of hydrogen-bond donors (Lipinski definition) is 1. The molecule has 1 aliphatic heterocycles. The molecule has 0 aromatic carbocycles. The Balaban J connectivity index is 2.31. The van der Waals surface area contributed by atoms with Crippen molar-refractivity contribution < 1.29 is 22.7 Å². The van der Waals surface area contributed by atoms with Gasteiger partial charge in [-0.3, -0.25) is 4.79 Å². The van der Waals surface area contributed by atoms with Crippen molar-refractivity contribution in [3.8, 4) is 0 Å². The van der Waals surface area contributed by atoms with Crippen LogP contribution in [-0.2, 0) is 24.3 Å². The third-order valence-electron chi connectivity index (χ3n) is 2.39. The number of sulfonamides is 1. The zero-order valence-electron chi connectivity index (χ0n) is 9.72. The quantitative estimate of drug-likeness (QED) is 0.714. The predicted octanol–water partition coefficient (Wildman–Crippen LogP) is 0.160. The molecule has 0 saturated carbocycles. The molecule has 0 bridgehead atoms. The Kier molecular flexibility index (Phi) is 5.10. The first kappa shape index (κ1) is 14.1. The molecule has 98 valence electrons. The lowest BCUT2D eigenvalue weighted by molar-refractivity contribution is -0.146. The SMILES string of the molecule is C=CS(=O)(=O)N[C@@H]1CC[C@H](COC(C)=O)OC1. The van der Waals surface area contributed by atoms with Crippen LogP contribution in [0.2, 0.25) is 0 Å². The van der Waals surface area contributed by atoms with Gasteiger partial charge in [0, 0.05) is 18.4 Å². The molecule has 1 fully saturated rings.